The van der Waals surface area contributed by atoms with Crippen molar-refractivity contribution in [3.05, 3.63) is 23.3 Å². The predicted octanol–water partition coefficient (Wildman–Crippen LogP) is 4.13. The number of hydrogen-bond donors (Lipinski definition) is 2. The summed E-state index contributed by atoms with van der Waals surface area (Å²) in [5, 5.41) is 19.6. The van der Waals surface area contributed by atoms with Crippen molar-refractivity contribution in [2.45, 2.75) is 58.3 Å². The van der Waals surface area contributed by atoms with Crippen LogP contribution in [-0.4, -0.2) is 10.2 Å². The van der Waals surface area contributed by atoms with Gasteiger partial charge in [0.2, 0.25) is 0 Å². The van der Waals surface area contributed by atoms with Crippen molar-refractivity contribution in [1.82, 2.24) is 0 Å². The minimum atomic E-state index is 0.0240. The Labute approximate surface area is 115 Å². The van der Waals surface area contributed by atoms with Crippen LogP contribution in [0.2, 0.25) is 0 Å². The van der Waals surface area contributed by atoms with Crippen molar-refractivity contribution in [2.75, 3.05) is 0 Å². The Morgan fingerprint density at radius 2 is 1.74 bits per heavy atom. The fourth-order valence-corrected chi connectivity index (χ4v) is 4.81. The highest BCUT2D eigenvalue weighted by molar-refractivity contribution is 5.50. The van der Waals surface area contributed by atoms with E-state index in [9.17, 15) is 10.2 Å². The van der Waals surface area contributed by atoms with Gasteiger partial charge in [-0.25, -0.2) is 0 Å². The van der Waals surface area contributed by atoms with Crippen molar-refractivity contribution in [3.8, 4) is 11.5 Å². The summed E-state index contributed by atoms with van der Waals surface area (Å²) in [4.78, 5) is 0. The molecule has 0 aliphatic heterocycles. The number of benzene rings is 1. The average Bonchev–Trinajstić information content (AvgIpc) is 2.30. The first-order valence-corrected chi connectivity index (χ1v) is 7.40. The van der Waals surface area contributed by atoms with Crippen molar-refractivity contribution in [2.24, 2.45) is 11.3 Å². The number of phenols is 2. The minimum Gasteiger partial charge on any atom is -0.504 e. The molecule has 0 saturated heterocycles. The van der Waals surface area contributed by atoms with Crippen LogP contribution in [-0.2, 0) is 11.8 Å². The quantitative estimate of drug-likeness (QED) is 0.689. The summed E-state index contributed by atoms with van der Waals surface area (Å²) in [6.07, 6.45) is 5.96. The highest BCUT2D eigenvalue weighted by atomic mass is 16.3. The molecule has 2 atom stereocenters. The van der Waals surface area contributed by atoms with E-state index in [1.165, 1.54) is 36.8 Å². The Balaban J connectivity index is 2.14. The van der Waals surface area contributed by atoms with Crippen molar-refractivity contribution in [1.29, 1.82) is 0 Å². The van der Waals surface area contributed by atoms with Crippen LogP contribution in [0.1, 0.15) is 57.6 Å². The van der Waals surface area contributed by atoms with Crippen LogP contribution in [0, 0.1) is 11.3 Å². The molecule has 1 saturated carbocycles. The van der Waals surface area contributed by atoms with Gasteiger partial charge in [0.25, 0.3) is 0 Å². The molecule has 2 N–H and O–H groups in total. The standard InChI is InChI=1S/C17H24O2/c1-16(2)7-4-8-17(3)12-10-14(19)13(18)9-11(12)5-6-15(16)17/h9-10,15,18-19H,4-8H2,1-3H3/t15-,17-/m1/s1. The molecule has 1 aromatic carbocycles. The molecule has 19 heavy (non-hydrogen) atoms. The first-order valence-electron chi connectivity index (χ1n) is 7.40. The molecular formula is C17H24O2. The first-order chi connectivity index (χ1) is 8.84. The maximum absolute atomic E-state index is 9.86. The van der Waals surface area contributed by atoms with Crippen LogP contribution in [0.5, 0.6) is 11.5 Å². The van der Waals surface area contributed by atoms with Gasteiger partial charge in [-0.1, -0.05) is 27.2 Å². The Hall–Kier alpha value is -1.18. The fourth-order valence-electron chi connectivity index (χ4n) is 4.81. The molecule has 2 aliphatic carbocycles. The van der Waals surface area contributed by atoms with E-state index in [0.717, 1.165) is 6.42 Å². The average molecular weight is 260 g/mol. The number of aromatic hydroxyl groups is 2. The summed E-state index contributed by atoms with van der Waals surface area (Å²) < 4.78 is 0. The Morgan fingerprint density at radius 3 is 2.47 bits per heavy atom. The highest BCUT2D eigenvalue weighted by Crippen LogP contribution is 2.57. The van der Waals surface area contributed by atoms with Crippen molar-refractivity contribution < 1.29 is 10.2 Å². The van der Waals surface area contributed by atoms with Crippen molar-refractivity contribution >= 4 is 0 Å². The normalized spacial score (nSPS) is 32.5. The number of hydrogen-bond acceptors (Lipinski definition) is 2. The maximum atomic E-state index is 9.86. The molecule has 104 valence electrons. The number of fused-ring (bicyclic) bond motifs is 3. The molecule has 0 unspecified atom stereocenters. The van der Waals surface area contributed by atoms with Crippen molar-refractivity contribution in [3.63, 3.8) is 0 Å². The lowest BCUT2D eigenvalue weighted by atomic mass is 9.50. The van der Waals surface area contributed by atoms with Crippen LogP contribution in [0.3, 0.4) is 0 Å². The van der Waals surface area contributed by atoms with Crippen LogP contribution in [0.15, 0.2) is 12.1 Å². The molecule has 0 radical (unpaired) electrons. The number of aryl methyl sites for hydroxylation is 1. The van der Waals surface area contributed by atoms with Gasteiger partial charge in [-0.3, -0.25) is 0 Å². The van der Waals surface area contributed by atoms with Gasteiger partial charge in [0.15, 0.2) is 11.5 Å². The summed E-state index contributed by atoms with van der Waals surface area (Å²) in [5.74, 6) is 0.727. The summed E-state index contributed by atoms with van der Waals surface area (Å²) in [5.41, 5.74) is 3.03. The third-order valence-corrected chi connectivity index (χ3v) is 5.75. The van der Waals surface area contributed by atoms with Gasteiger partial charge in [-0.2, -0.15) is 0 Å². The van der Waals surface area contributed by atoms with E-state index in [1.807, 2.05) is 6.07 Å². The van der Waals surface area contributed by atoms with Crippen LogP contribution < -0.4 is 0 Å². The van der Waals surface area contributed by atoms with E-state index in [-0.39, 0.29) is 16.9 Å². The zero-order valence-corrected chi connectivity index (χ0v) is 12.2. The molecule has 0 heterocycles. The molecule has 2 aliphatic rings. The molecular weight excluding hydrogens is 236 g/mol. The predicted molar refractivity (Wildman–Crippen MR) is 76.6 cm³/mol. The molecule has 0 aromatic heterocycles. The van der Waals surface area contributed by atoms with E-state index >= 15 is 0 Å². The topological polar surface area (TPSA) is 40.5 Å². The molecule has 0 spiro atoms. The van der Waals surface area contributed by atoms with Gasteiger partial charge in [0, 0.05) is 0 Å². The van der Waals surface area contributed by atoms with Crippen LogP contribution in [0.4, 0.5) is 0 Å². The first kappa shape index (κ1) is 12.8. The third-order valence-electron chi connectivity index (χ3n) is 5.75. The lowest BCUT2D eigenvalue weighted by molar-refractivity contribution is 0.0405. The fraction of sp³-hybridized carbons (Fsp3) is 0.647. The maximum Gasteiger partial charge on any atom is 0.157 e. The monoisotopic (exact) mass is 260 g/mol. The minimum absolute atomic E-state index is 0.0240. The number of phenolic OH excluding ortho intramolecular Hbond substituents is 2. The Bertz CT molecular complexity index is 518. The summed E-state index contributed by atoms with van der Waals surface area (Å²) in [7, 11) is 0. The molecule has 1 fully saturated rings. The van der Waals surface area contributed by atoms with E-state index < -0.39 is 0 Å². The van der Waals surface area contributed by atoms with Gasteiger partial charge < -0.3 is 10.2 Å². The van der Waals surface area contributed by atoms with Crippen LogP contribution >= 0.6 is 0 Å². The van der Waals surface area contributed by atoms with E-state index in [2.05, 4.69) is 20.8 Å². The lowest BCUT2D eigenvalue weighted by Gasteiger charge is -2.54. The second-order valence-corrected chi connectivity index (χ2v) is 7.35. The lowest BCUT2D eigenvalue weighted by Crippen LogP contribution is -2.47. The molecule has 1 aromatic rings. The van der Waals surface area contributed by atoms with Gasteiger partial charge in [0.1, 0.15) is 0 Å². The zero-order chi connectivity index (χ0) is 13.8. The van der Waals surface area contributed by atoms with E-state index in [4.69, 9.17) is 0 Å². The van der Waals surface area contributed by atoms with Crippen LogP contribution in [0.25, 0.3) is 0 Å². The number of rotatable bonds is 0. The summed E-state index contributed by atoms with van der Waals surface area (Å²) in [6.45, 7) is 7.13. The Kier molecular flexibility index (Phi) is 2.64. The van der Waals surface area contributed by atoms with Gasteiger partial charge in [-0.15, -0.1) is 0 Å². The van der Waals surface area contributed by atoms with E-state index in [1.54, 1.807) is 6.07 Å². The smallest absolute Gasteiger partial charge is 0.157 e. The van der Waals surface area contributed by atoms with Gasteiger partial charge >= 0.3 is 0 Å². The zero-order valence-electron chi connectivity index (χ0n) is 12.2. The van der Waals surface area contributed by atoms with Gasteiger partial charge in [0.05, 0.1) is 0 Å². The molecule has 0 bridgehead atoms. The summed E-state index contributed by atoms with van der Waals surface area (Å²) in [6, 6.07) is 3.59. The molecule has 2 nitrogen and oxygen atoms in total. The SMILES string of the molecule is CC1(C)CCC[C@]2(C)c3cc(O)c(O)cc3CC[C@H]12. The highest BCUT2D eigenvalue weighted by Gasteiger charge is 2.49. The molecule has 2 heteroatoms. The largest absolute Gasteiger partial charge is 0.504 e. The van der Waals surface area contributed by atoms with E-state index in [0.29, 0.717) is 11.3 Å². The van der Waals surface area contributed by atoms with Gasteiger partial charge in [-0.05, 0) is 65.7 Å². The molecule has 3 rings (SSSR count). The Morgan fingerprint density at radius 1 is 1.05 bits per heavy atom. The second-order valence-electron chi connectivity index (χ2n) is 7.35. The third kappa shape index (κ3) is 1.76. The second kappa shape index (κ2) is 3.91. The summed E-state index contributed by atoms with van der Waals surface area (Å²) >= 11 is 0. The molecule has 0 amide bonds.